The minimum absolute atomic E-state index is 0.0892. The van der Waals surface area contributed by atoms with E-state index in [1.54, 1.807) is 0 Å². The zero-order chi connectivity index (χ0) is 13.0. The highest BCUT2D eigenvalue weighted by molar-refractivity contribution is 6.09. The summed E-state index contributed by atoms with van der Waals surface area (Å²) >= 11 is 0. The highest BCUT2D eigenvalue weighted by Gasteiger charge is 2.08. The van der Waals surface area contributed by atoms with E-state index in [0.717, 1.165) is 41.5 Å². The van der Waals surface area contributed by atoms with Gasteiger partial charge in [0.2, 0.25) is 0 Å². The van der Waals surface area contributed by atoms with Crippen LogP contribution in [-0.2, 0) is 0 Å². The first-order chi connectivity index (χ1) is 8.74. The average Bonchev–Trinajstić information content (AvgIpc) is 2.38. The Morgan fingerprint density at radius 3 is 2.56 bits per heavy atom. The first-order valence-electron chi connectivity index (χ1n) is 6.23. The van der Waals surface area contributed by atoms with Gasteiger partial charge in [0.05, 0.1) is 6.61 Å². The van der Waals surface area contributed by atoms with Crippen LogP contribution < -0.4 is 10.5 Å². The molecule has 3 heteroatoms. The lowest BCUT2D eigenvalue weighted by molar-refractivity contribution is 0.313. The van der Waals surface area contributed by atoms with Crippen LogP contribution in [0.5, 0.6) is 5.75 Å². The van der Waals surface area contributed by atoms with Crippen LogP contribution in [0.25, 0.3) is 10.8 Å². The van der Waals surface area contributed by atoms with E-state index in [4.69, 9.17) is 15.9 Å². The van der Waals surface area contributed by atoms with Gasteiger partial charge in [-0.2, -0.15) is 0 Å². The monoisotopic (exact) mass is 242 g/mol. The predicted molar refractivity (Wildman–Crippen MR) is 75.4 cm³/mol. The van der Waals surface area contributed by atoms with Gasteiger partial charge in [0, 0.05) is 10.9 Å². The summed E-state index contributed by atoms with van der Waals surface area (Å²) in [6.07, 6.45) is 2.16. The normalized spacial score (nSPS) is 10.5. The third-order valence-electron chi connectivity index (χ3n) is 2.93. The minimum atomic E-state index is 0.0892. The Balaban J connectivity index is 2.44. The lowest BCUT2D eigenvalue weighted by Crippen LogP contribution is -2.11. The molecule has 0 aliphatic heterocycles. The third kappa shape index (κ3) is 2.45. The summed E-state index contributed by atoms with van der Waals surface area (Å²) in [5, 5.41) is 9.58. The quantitative estimate of drug-likeness (QED) is 0.480. The average molecular weight is 242 g/mol. The molecule has 94 valence electrons. The number of rotatable bonds is 5. The maximum Gasteiger partial charge on any atom is 0.127 e. The number of fused-ring (bicyclic) bond motifs is 1. The minimum Gasteiger partial charge on any atom is -0.493 e. The molecule has 0 fully saturated rings. The maximum absolute atomic E-state index is 7.59. The van der Waals surface area contributed by atoms with E-state index < -0.39 is 0 Å². The molecule has 0 radical (unpaired) electrons. The molecule has 0 bridgehead atoms. The van der Waals surface area contributed by atoms with Crippen molar-refractivity contribution in [2.24, 2.45) is 5.73 Å². The molecule has 0 aromatic heterocycles. The van der Waals surface area contributed by atoms with Crippen molar-refractivity contribution < 1.29 is 4.74 Å². The number of nitrogens with one attached hydrogen (secondary N) is 1. The van der Waals surface area contributed by atoms with Gasteiger partial charge >= 0.3 is 0 Å². The molecular formula is C15H18N2O. The second-order valence-corrected chi connectivity index (χ2v) is 4.27. The SMILES string of the molecule is CCCCOc1ccc(C(=N)N)c2ccccc12. The Kier molecular flexibility index (Phi) is 3.82. The Hall–Kier alpha value is -2.03. The van der Waals surface area contributed by atoms with E-state index in [9.17, 15) is 0 Å². The number of hydrogen-bond acceptors (Lipinski definition) is 2. The number of ether oxygens (including phenoxy) is 1. The highest BCUT2D eigenvalue weighted by Crippen LogP contribution is 2.28. The lowest BCUT2D eigenvalue weighted by atomic mass is 10.0. The summed E-state index contributed by atoms with van der Waals surface area (Å²) in [7, 11) is 0. The molecule has 0 aliphatic rings. The molecule has 3 nitrogen and oxygen atoms in total. The van der Waals surface area contributed by atoms with E-state index in [0.29, 0.717) is 0 Å². The number of benzene rings is 2. The van der Waals surface area contributed by atoms with Crippen LogP contribution in [0.2, 0.25) is 0 Å². The fourth-order valence-corrected chi connectivity index (χ4v) is 1.96. The maximum atomic E-state index is 7.59. The molecule has 3 N–H and O–H groups in total. The van der Waals surface area contributed by atoms with Gasteiger partial charge in [0.25, 0.3) is 0 Å². The second kappa shape index (κ2) is 5.54. The molecule has 0 unspecified atom stereocenters. The molecule has 2 aromatic carbocycles. The Morgan fingerprint density at radius 1 is 1.17 bits per heavy atom. The van der Waals surface area contributed by atoms with Gasteiger partial charge in [-0.25, -0.2) is 0 Å². The van der Waals surface area contributed by atoms with Gasteiger partial charge in [-0.15, -0.1) is 0 Å². The topological polar surface area (TPSA) is 59.1 Å². The molecule has 2 rings (SSSR count). The van der Waals surface area contributed by atoms with E-state index in [1.165, 1.54) is 0 Å². The molecule has 0 amide bonds. The Bertz CT molecular complexity index is 563. The first-order valence-corrected chi connectivity index (χ1v) is 6.23. The van der Waals surface area contributed by atoms with Gasteiger partial charge in [-0.1, -0.05) is 37.6 Å². The van der Waals surface area contributed by atoms with Crippen molar-refractivity contribution in [1.82, 2.24) is 0 Å². The van der Waals surface area contributed by atoms with Crippen LogP contribution in [0.4, 0.5) is 0 Å². The summed E-state index contributed by atoms with van der Waals surface area (Å²) in [6.45, 7) is 2.86. The van der Waals surface area contributed by atoms with E-state index >= 15 is 0 Å². The molecule has 0 aliphatic carbocycles. The van der Waals surface area contributed by atoms with Gasteiger partial charge in [0.1, 0.15) is 11.6 Å². The van der Waals surface area contributed by atoms with Gasteiger partial charge < -0.3 is 10.5 Å². The molecule has 0 atom stereocenters. The van der Waals surface area contributed by atoms with Crippen molar-refractivity contribution in [3.63, 3.8) is 0 Å². The highest BCUT2D eigenvalue weighted by atomic mass is 16.5. The van der Waals surface area contributed by atoms with Crippen LogP contribution in [0.1, 0.15) is 25.3 Å². The summed E-state index contributed by atoms with van der Waals surface area (Å²) in [4.78, 5) is 0. The molecule has 18 heavy (non-hydrogen) atoms. The smallest absolute Gasteiger partial charge is 0.127 e. The van der Waals surface area contributed by atoms with Crippen molar-refractivity contribution >= 4 is 16.6 Å². The van der Waals surface area contributed by atoms with Crippen molar-refractivity contribution in [3.05, 3.63) is 42.0 Å². The van der Waals surface area contributed by atoms with Crippen LogP contribution in [0.3, 0.4) is 0 Å². The Morgan fingerprint density at radius 2 is 1.89 bits per heavy atom. The zero-order valence-electron chi connectivity index (χ0n) is 10.6. The summed E-state index contributed by atoms with van der Waals surface area (Å²) in [6, 6.07) is 11.6. The van der Waals surface area contributed by atoms with Crippen molar-refractivity contribution in [3.8, 4) is 5.75 Å². The second-order valence-electron chi connectivity index (χ2n) is 4.27. The number of nitrogen functional groups attached to an aromatic ring is 1. The molecule has 0 spiro atoms. The molecule has 2 aromatic rings. The van der Waals surface area contributed by atoms with Gasteiger partial charge in [-0.3, -0.25) is 5.41 Å². The molecule has 0 saturated carbocycles. The molecule has 0 saturated heterocycles. The molecular weight excluding hydrogens is 224 g/mol. The van der Waals surface area contributed by atoms with Crippen molar-refractivity contribution in [2.75, 3.05) is 6.61 Å². The van der Waals surface area contributed by atoms with Crippen LogP contribution in [-0.4, -0.2) is 12.4 Å². The first kappa shape index (κ1) is 12.4. The summed E-state index contributed by atoms with van der Waals surface area (Å²) < 4.78 is 5.78. The number of unbranched alkanes of at least 4 members (excludes halogenated alkanes) is 1. The number of amidine groups is 1. The lowest BCUT2D eigenvalue weighted by Gasteiger charge is -2.11. The number of hydrogen-bond donors (Lipinski definition) is 2. The molecule has 0 heterocycles. The largest absolute Gasteiger partial charge is 0.493 e. The van der Waals surface area contributed by atoms with Crippen LogP contribution in [0.15, 0.2) is 36.4 Å². The summed E-state index contributed by atoms with van der Waals surface area (Å²) in [5.74, 6) is 0.954. The van der Waals surface area contributed by atoms with E-state index in [-0.39, 0.29) is 5.84 Å². The van der Waals surface area contributed by atoms with Crippen LogP contribution in [0, 0.1) is 5.41 Å². The third-order valence-corrected chi connectivity index (χ3v) is 2.93. The van der Waals surface area contributed by atoms with Crippen molar-refractivity contribution in [2.45, 2.75) is 19.8 Å². The fourth-order valence-electron chi connectivity index (χ4n) is 1.96. The fraction of sp³-hybridized carbons (Fsp3) is 0.267. The van der Waals surface area contributed by atoms with Crippen molar-refractivity contribution in [1.29, 1.82) is 5.41 Å². The van der Waals surface area contributed by atoms with Gasteiger partial charge in [0.15, 0.2) is 0 Å². The van der Waals surface area contributed by atoms with E-state index in [2.05, 4.69) is 6.92 Å². The number of nitrogens with two attached hydrogens (primary N) is 1. The standard InChI is InChI=1S/C15H18N2O/c1-2-3-10-18-14-9-8-13(15(16)17)11-6-4-5-7-12(11)14/h4-9H,2-3,10H2,1H3,(H3,16,17). The van der Waals surface area contributed by atoms with Gasteiger partial charge in [-0.05, 0) is 23.9 Å². The van der Waals surface area contributed by atoms with Crippen LogP contribution >= 0.6 is 0 Å². The summed E-state index contributed by atoms with van der Waals surface area (Å²) in [5.41, 5.74) is 6.35. The zero-order valence-corrected chi connectivity index (χ0v) is 10.6. The predicted octanol–water partition coefficient (Wildman–Crippen LogP) is 3.30. The Labute approximate surface area is 107 Å². The van der Waals surface area contributed by atoms with E-state index in [1.807, 2.05) is 36.4 Å².